The number of nitrogens with zero attached hydrogens (tertiary/aromatic N) is 3. The van der Waals surface area contributed by atoms with E-state index in [1.54, 1.807) is 32.4 Å². The van der Waals surface area contributed by atoms with Gasteiger partial charge in [0.2, 0.25) is 5.91 Å². The molecule has 42 heavy (non-hydrogen) atoms. The van der Waals surface area contributed by atoms with Gasteiger partial charge in [0.15, 0.2) is 11.5 Å². The first-order valence-electron chi connectivity index (χ1n) is 14.8. The summed E-state index contributed by atoms with van der Waals surface area (Å²) < 4.78 is 12.7. The van der Waals surface area contributed by atoms with Crippen LogP contribution >= 0.6 is 0 Å². The highest BCUT2D eigenvalue weighted by atomic mass is 16.5. The normalized spacial score (nSPS) is 13.6. The molecule has 2 amide bonds. The number of amides is 2. The summed E-state index contributed by atoms with van der Waals surface area (Å²) in [7, 11) is 3.11. The third kappa shape index (κ3) is 6.93. The van der Waals surface area contributed by atoms with Crippen LogP contribution in [0.1, 0.15) is 60.3 Å². The number of rotatable bonds is 12. The molecule has 0 unspecified atom stereocenters. The lowest BCUT2D eigenvalue weighted by atomic mass is 9.93. The Kier molecular flexibility index (Phi) is 9.74. The maximum atomic E-state index is 14.0. The Hall–Kier alpha value is -4.33. The summed E-state index contributed by atoms with van der Waals surface area (Å²) in [5.74, 6) is 1.89. The van der Waals surface area contributed by atoms with Gasteiger partial charge in [0.25, 0.3) is 5.91 Å². The number of aryl methyl sites for hydroxylation is 1. The summed E-state index contributed by atoms with van der Waals surface area (Å²) in [5, 5.41) is 2.99. The topological polar surface area (TPSA) is 85.7 Å². The third-order valence-corrected chi connectivity index (χ3v) is 8.07. The fourth-order valence-corrected chi connectivity index (χ4v) is 5.84. The van der Waals surface area contributed by atoms with Crippen molar-refractivity contribution in [2.75, 3.05) is 20.8 Å². The second-order valence-electron chi connectivity index (χ2n) is 10.8. The molecule has 0 saturated heterocycles. The number of carbonyl (C=O) groups excluding carboxylic acids is 2. The lowest BCUT2D eigenvalue weighted by molar-refractivity contribution is -0.135. The third-order valence-electron chi connectivity index (χ3n) is 8.07. The van der Waals surface area contributed by atoms with Crippen molar-refractivity contribution in [2.45, 2.75) is 64.1 Å². The lowest BCUT2D eigenvalue weighted by Crippen LogP contribution is -2.42. The Morgan fingerprint density at radius 2 is 1.67 bits per heavy atom. The van der Waals surface area contributed by atoms with E-state index in [2.05, 4.69) is 26.9 Å². The van der Waals surface area contributed by atoms with Gasteiger partial charge in [0.05, 0.1) is 25.3 Å². The van der Waals surface area contributed by atoms with Crippen LogP contribution in [-0.4, -0.2) is 53.1 Å². The average molecular weight is 569 g/mol. The number of imidazole rings is 1. The summed E-state index contributed by atoms with van der Waals surface area (Å²) >= 11 is 0. The predicted octanol–water partition coefficient (Wildman–Crippen LogP) is 5.78. The molecule has 1 aliphatic rings. The Morgan fingerprint density at radius 3 is 2.43 bits per heavy atom. The molecule has 220 valence electrons. The van der Waals surface area contributed by atoms with Gasteiger partial charge in [-0.2, -0.15) is 0 Å². The Bertz CT molecular complexity index is 1490. The smallest absolute Gasteiger partial charge is 0.251 e. The lowest BCUT2D eigenvalue weighted by Gasteiger charge is -2.35. The van der Waals surface area contributed by atoms with E-state index in [0.717, 1.165) is 48.1 Å². The van der Waals surface area contributed by atoms with E-state index >= 15 is 0 Å². The zero-order valence-corrected chi connectivity index (χ0v) is 24.6. The van der Waals surface area contributed by atoms with Gasteiger partial charge >= 0.3 is 0 Å². The van der Waals surface area contributed by atoms with Gasteiger partial charge in [-0.05, 0) is 55.2 Å². The van der Waals surface area contributed by atoms with Crippen LogP contribution in [0.4, 0.5) is 0 Å². The predicted molar refractivity (Wildman–Crippen MR) is 164 cm³/mol. The number of aromatic nitrogens is 2. The summed E-state index contributed by atoms with van der Waals surface area (Å²) in [6.45, 7) is 1.35. The summed E-state index contributed by atoms with van der Waals surface area (Å²) in [6.07, 6.45) is 6.99. The highest BCUT2D eigenvalue weighted by Crippen LogP contribution is 2.28. The molecule has 1 aromatic heterocycles. The van der Waals surface area contributed by atoms with E-state index in [0.29, 0.717) is 43.0 Å². The highest BCUT2D eigenvalue weighted by Gasteiger charge is 2.27. The van der Waals surface area contributed by atoms with E-state index in [1.807, 2.05) is 42.5 Å². The number of methoxy groups -OCH3 is 2. The van der Waals surface area contributed by atoms with Gasteiger partial charge in [-0.15, -0.1) is 0 Å². The van der Waals surface area contributed by atoms with Crippen LogP contribution in [0.3, 0.4) is 0 Å². The fraction of sp³-hybridized carbons (Fsp3) is 0.382. The Balaban J connectivity index is 1.28. The van der Waals surface area contributed by atoms with E-state index in [9.17, 15) is 9.59 Å². The van der Waals surface area contributed by atoms with Gasteiger partial charge in [-0.1, -0.05) is 61.7 Å². The number of hydrogen-bond donors (Lipinski definition) is 1. The minimum Gasteiger partial charge on any atom is -0.493 e. The molecule has 0 radical (unpaired) electrons. The molecule has 0 spiro atoms. The number of hydrogen-bond acceptors (Lipinski definition) is 5. The molecule has 8 heteroatoms. The molecule has 1 fully saturated rings. The summed E-state index contributed by atoms with van der Waals surface area (Å²) in [5.41, 5.74) is 3.49. The number of ether oxygens (including phenoxy) is 2. The molecule has 0 bridgehead atoms. The van der Waals surface area contributed by atoms with Crippen LogP contribution in [-0.2, 0) is 24.3 Å². The first-order valence-corrected chi connectivity index (χ1v) is 14.8. The fourth-order valence-electron chi connectivity index (χ4n) is 5.84. The van der Waals surface area contributed by atoms with E-state index < -0.39 is 0 Å². The van der Waals surface area contributed by atoms with Gasteiger partial charge in [-0.25, -0.2) is 4.98 Å². The van der Waals surface area contributed by atoms with Gasteiger partial charge in [0, 0.05) is 31.1 Å². The zero-order chi connectivity index (χ0) is 29.3. The number of para-hydroxylation sites is 2. The average Bonchev–Trinajstić information content (AvgIpc) is 3.39. The van der Waals surface area contributed by atoms with E-state index in [4.69, 9.17) is 14.5 Å². The molecule has 1 heterocycles. The molecule has 1 saturated carbocycles. The van der Waals surface area contributed by atoms with Crippen LogP contribution in [0, 0.1) is 0 Å². The highest BCUT2D eigenvalue weighted by molar-refractivity contribution is 5.94. The summed E-state index contributed by atoms with van der Waals surface area (Å²) in [6, 6.07) is 23.6. The van der Waals surface area contributed by atoms with Crippen molar-refractivity contribution >= 4 is 22.8 Å². The minimum atomic E-state index is -0.177. The molecule has 3 aromatic carbocycles. The molecule has 8 nitrogen and oxygen atoms in total. The number of fused-ring (bicyclic) bond motifs is 1. The second-order valence-corrected chi connectivity index (χ2v) is 10.8. The van der Waals surface area contributed by atoms with Crippen LogP contribution in [0.15, 0.2) is 72.8 Å². The largest absolute Gasteiger partial charge is 0.493 e. The Morgan fingerprint density at radius 1 is 0.929 bits per heavy atom. The summed E-state index contributed by atoms with van der Waals surface area (Å²) in [4.78, 5) is 33.7. The number of carbonyl (C=O) groups is 2. The Labute approximate surface area is 247 Å². The van der Waals surface area contributed by atoms with Gasteiger partial charge in [0.1, 0.15) is 12.4 Å². The zero-order valence-electron chi connectivity index (χ0n) is 24.6. The van der Waals surface area contributed by atoms with Crippen molar-refractivity contribution in [3.05, 3.63) is 89.7 Å². The maximum absolute atomic E-state index is 14.0. The van der Waals surface area contributed by atoms with Crippen molar-refractivity contribution in [2.24, 2.45) is 0 Å². The standard InChI is InChI=1S/C34H40N4O4/c1-41-30-20-19-26(22-31(30)42-2)34(40)35-21-11-18-32-36-28-16-9-10-17-29(28)38(32)24-33(39)37(27-14-7-4-8-15-27)23-25-12-5-3-6-13-25/h3,5-6,9-10,12-13,16-17,19-20,22,27H,4,7-8,11,14-15,18,21,23-24H2,1-2H3,(H,35,40). The van der Waals surface area contributed by atoms with Crippen molar-refractivity contribution in [3.8, 4) is 11.5 Å². The van der Waals surface area contributed by atoms with Gasteiger partial charge in [-0.3, -0.25) is 9.59 Å². The molecular formula is C34H40N4O4. The monoisotopic (exact) mass is 568 g/mol. The van der Waals surface area contributed by atoms with Crippen LogP contribution in [0.2, 0.25) is 0 Å². The van der Waals surface area contributed by atoms with Crippen molar-refractivity contribution in [1.82, 2.24) is 19.8 Å². The van der Waals surface area contributed by atoms with Crippen LogP contribution in [0.5, 0.6) is 11.5 Å². The molecule has 1 aliphatic carbocycles. The molecule has 0 aliphatic heterocycles. The van der Waals surface area contributed by atoms with Crippen molar-refractivity contribution in [3.63, 3.8) is 0 Å². The quantitative estimate of drug-likeness (QED) is 0.219. The number of benzene rings is 3. The first-order chi connectivity index (χ1) is 20.6. The van der Waals surface area contributed by atoms with Crippen molar-refractivity contribution < 1.29 is 19.1 Å². The minimum absolute atomic E-state index is 0.122. The van der Waals surface area contributed by atoms with Gasteiger partial charge < -0.3 is 24.3 Å². The maximum Gasteiger partial charge on any atom is 0.251 e. The van der Waals surface area contributed by atoms with E-state index in [1.165, 1.54) is 6.42 Å². The molecule has 1 N–H and O–H groups in total. The molecule has 5 rings (SSSR count). The molecule has 0 atom stereocenters. The molecular weight excluding hydrogens is 528 g/mol. The SMILES string of the molecule is COc1ccc(C(=O)NCCCc2nc3ccccc3n2CC(=O)N(Cc2ccccc2)C2CCCCC2)cc1OC. The van der Waals surface area contributed by atoms with Crippen molar-refractivity contribution in [1.29, 1.82) is 0 Å². The van der Waals surface area contributed by atoms with Crippen LogP contribution < -0.4 is 14.8 Å². The number of nitrogens with one attached hydrogen (secondary N) is 1. The first kappa shape index (κ1) is 29.2. The molecule has 4 aromatic rings. The van der Waals surface area contributed by atoms with Crippen LogP contribution in [0.25, 0.3) is 11.0 Å². The second kappa shape index (κ2) is 14.0. The van der Waals surface area contributed by atoms with E-state index in [-0.39, 0.29) is 24.4 Å².